The van der Waals surface area contributed by atoms with Gasteiger partial charge < -0.3 is 25.2 Å². The van der Waals surface area contributed by atoms with Gasteiger partial charge in [0.05, 0.1) is 35.9 Å². The summed E-state index contributed by atoms with van der Waals surface area (Å²) in [5.41, 5.74) is 6.56. The number of hydrogen-bond acceptors (Lipinski definition) is 8. The van der Waals surface area contributed by atoms with E-state index in [1.165, 1.54) is 0 Å². The first-order valence-corrected chi connectivity index (χ1v) is 16.3. The number of aliphatic hydroxyl groups is 2. The van der Waals surface area contributed by atoms with Crippen LogP contribution in [0.25, 0.3) is 0 Å². The monoisotopic (exact) mass is 603 g/mol. The molecular formula is C32H50ClN5O4. The maximum absolute atomic E-state index is 13.4. The highest BCUT2D eigenvalue weighted by Gasteiger charge is 2.61. The van der Waals surface area contributed by atoms with Crippen LogP contribution in [0.5, 0.6) is 0 Å². The van der Waals surface area contributed by atoms with E-state index in [0.717, 1.165) is 62.2 Å². The van der Waals surface area contributed by atoms with Crippen LogP contribution in [0, 0.1) is 17.3 Å². The van der Waals surface area contributed by atoms with Crippen molar-refractivity contribution in [2.24, 2.45) is 17.3 Å². The van der Waals surface area contributed by atoms with Crippen LogP contribution in [0.2, 0.25) is 5.02 Å². The Balaban J connectivity index is 1.42. The SMILES string of the molecule is CCC1NN(c2ccccc2Cl)C(CCCCO)=C1C(O)N(CC(C)C)C1CC12CNC[C@H](C(=O)N1CCOCC1)C2. The smallest absolute Gasteiger partial charge is 0.227 e. The van der Waals surface area contributed by atoms with E-state index in [1.807, 2.05) is 29.2 Å². The molecule has 3 fully saturated rings. The Morgan fingerprint density at radius 2 is 1.98 bits per heavy atom. The van der Waals surface area contributed by atoms with Crippen LogP contribution in [-0.4, -0.2) is 96.8 Å². The molecule has 4 aliphatic rings. The summed E-state index contributed by atoms with van der Waals surface area (Å²) >= 11 is 6.67. The minimum atomic E-state index is -0.763. The fraction of sp³-hybridized carbons (Fsp3) is 0.719. The summed E-state index contributed by atoms with van der Waals surface area (Å²) in [7, 11) is 0. The quantitative estimate of drug-likeness (QED) is 0.213. The molecule has 4 N–H and O–H groups in total. The second kappa shape index (κ2) is 13.9. The lowest BCUT2D eigenvalue weighted by Crippen LogP contribution is -2.52. The minimum Gasteiger partial charge on any atom is -0.396 e. The van der Waals surface area contributed by atoms with Crippen molar-refractivity contribution in [1.82, 2.24) is 20.5 Å². The number of nitrogens with zero attached hydrogens (tertiary/aromatic N) is 3. The van der Waals surface area contributed by atoms with Crippen LogP contribution in [0.3, 0.4) is 0 Å². The number of nitrogens with one attached hydrogen (secondary N) is 2. The molecule has 3 aliphatic heterocycles. The number of unbranched alkanes of at least 4 members (excludes halogenated alkanes) is 1. The zero-order chi connectivity index (χ0) is 29.9. The van der Waals surface area contributed by atoms with E-state index in [0.29, 0.717) is 50.2 Å². The topological polar surface area (TPSA) is 101 Å². The Morgan fingerprint density at radius 3 is 2.67 bits per heavy atom. The fourth-order valence-corrected chi connectivity index (χ4v) is 7.55. The van der Waals surface area contributed by atoms with E-state index in [2.05, 4.69) is 41.4 Å². The third kappa shape index (κ3) is 6.67. The molecule has 5 atom stereocenters. The van der Waals surface area contributed by atoms with Gasteiger partial charge in [-0.05, 0) is 56.6 Å². The fourth-order valence-electron chi connectivity index (χ4n) is 7.33. The normalized spacial score (nSPS) is 28.8. The number of piperidine rings is 1. The predicted molar refractivity (Wildman–Crippen MR) is 166 cm³/mol. The van der Waals surface area contributed by atoms with E-state index in [9.17, 15) is 15.0 Å². The number of morpholine rings is 1. The molecule has 0 bridgehead atoms. The number of benzene rings is 1. The third-order valence-corrected chi connectivity index (χ3v) is 9.81. The maximum Gasteiger partial charge on any atom is 0.227 e. The van der Waals surface area contributed by atoms with Gasteiger partial charge in [0.15, 0.2) is 0 Å². The molecule has 1 saturated carbocycles. The number of para-hydroxylation sites is 1. The second-order valence-corrected chi connectivity index (χ2v) is 13.4. The molecule has 5 rings (SSSR count). The van der Waals surface area contributed by atoms with Gasteiger partial charge in [0.25, 0.3) is 0 Å². The van der Waals surface area contributed by atoms with Crippen LogP contribution < -0.4 is 15.8 Å². The number of amides is 1. The molecule has 9 nitrogen and oxygen atoms in total. The number of carbonyl (C=O) groups is 1. The Morgan fingerprint density at radius 1 is 1.21 bits per heavy atom. The van der Waals surface area contributed by atoms with Gasteiger partial charge in [-0.15, -0.1) is 0 Å². The summed E-state index contributed by atoms with van der Waals surface area (Å²) in [6.07, 6.45) is 4.12. The summed E-state index contributed by atoms with van der Waals surface area (Å²) in [6, 6.07) is 7.96. The van der Waals surface area contributed by atoms with Crippen LogP contribution in [-0.2, 0) is 9.53 Å². The number of rotatable bonds is 12. The Hall–Kier alpha value is -1.72. The maximum atomic E-state index is 13.4. The number of halogens is 1. The number of ether oxygens (including phenoxy) is 1. The molecule has 42 heavy (non-hydrogen) atoms. The molecule has 1 spiro atoms. The molecule has 0 aromatic heterocycles. The Bertz CT molecular complexity index is 1110. The molecule has 4 unspecified atom stereocenters. The van der Waals surface area contributed by atoms with Crippen LogP contribution in [0.4, 0.5) is 5.69 Å². The molecule has 1 aromatic carbocycles. The van der Waals surface area contributed by atoms with Crippen molar-refractivity contribution in [1.29, 1.82) is 0 Å². The highest BCUT2D eigenvalue weighted by atomic mass is 35.5. The number of allylic oxidation sites excluding steroid dienone is 1. The van der Waals surface area contributed by atoms with Gasteiger partial charge in [0.2, 0.25) is 5.91 Å². The first kappa shape index (κ1) is 31.7. The lowest BCUT2D eigenvalue weighted by atomic mass is 9.85. The number of anilines is 1. The number of hydrogen-bond donors (Lipinski definition) is 4. The summed E-state index contributed by atoms with van der Waals surface area (Å²) in [5, 5.41) is 28.2. The zero-order valence-corrected chi connectivity index (χ0v) is 26.3. The van der Waals surface area contributed by atoms with Crippen molar-refractivity contribution in [2.75, 3.05) is 57.6 Å². The molecule has 1 aromatic rings. The highest BCUT2D eigenvalue weighted by Crippen LogP contribution is 2.56. The van der Waals surface area contributed by atoms with Crippen molar-refractivity contribution in [2.45, 2.75) is 77.6 Å². The number of hydrazine groups is 1. The summed E-state index contributed by atoms with van der Waals surface area (Å²) < 4.78 is 5.47. The van der Waals surface area contributed by atoms with E-state index in [4.69, 9.17) is 16.3 Å². The second-order valence-electron chi connectivity index (χ2n) is 13.0. The van der Waals surface area contributed by atoms with Crippen LogP contribution in [0.1, 0.15) is 59.3 Å². The van der Waals surface area contributed by atoms with Crippen molar-refractivity contribution >= 4 is 23.2 Å². The highest BCUT2D eigenvalue weighted by molar-refractivity contribution is 6.33. The van der Waals surface area contributed by atoms with E-state index in [1.54, 1.807) is 0 Å². The Kier molecular flexibility index (Phi) is 10.5. The molecule has 234 valence electrons. The van der Waals surface area contributed by atoms with Crippen molar-refractivity contribution in [3.05, 3.63) is 40.6 Å². The van der Waals surface area contributed by atoms with Crippen LogP contribution >= 0.6 is 11.6 Å². The zero-order valence-electron chi connectivity index (χ0n) is 25.5. The van der Waals surface area contributed by atoms with Gasteiger partial charge >= 0.3 is 0 Å². The molecule has 1 aliphatic carbocycles. The molecular weight excluding hydrogens is 554 g/mol. The first-order valence-electron chi connectivity index (χ1n) is 15.9. The van der Waals surface area contributed by atoms with E-state index >= 15 is 0 Å². The lowest BCUT2D eigenvalue weighted by molar-refractivity contribution is -0.141. The molecule has 3 heterocycles. The number of carbonyl (C=O) groups excluding carboxylic acids is 1. The van der Waals surface area contributed by atoms with E-state index in [-0.39, 0.29) is 35.9 Å². The summed E-state index contributed by atoms with van der Waals surface area (Å²) in [5.74, 6) is 0.564. The molecule has 2 saturated heterocycles. The molecule has 10 heteroatoms. The van der Waals surface area contributed by atoms with Gasteiger partial charge in [0.1, 0.15) is 6.23 Å². The van der Waals surface area contributed by atoms with Crippen molar-refractivity contribution < 1.29 is 19.7 Å². The number of aliphatic hydroxyl groups excluding tert-OH is 2. The largest absolute Gasteiger partial charge is 0.396 e. The first-order chi connectivity index (χ1) is 20.3. The standard InChI is InChI=1S/C32H50ClN5O4/c1-4-25-29(27(11-7-8-14-39)38(35-25)26-10-6-5-9-24(26)33)31(41)37(20-22(2)3)28-18-32(28)17-23(19-34-21-32)30(40)36-12-15-42-16-13-36/h5-6,9-10,22-23,25,28,31,34-35,39,41H,4,7-8,11-21H2,1-3H3/t23-,25?,28?,31?,32?/m1/s1. The van der Waals surface area contributed by atoms with Gasteiger partial charge in [0, 0.05) is 62.1 Å². The van der Waals surface area contributed by atoms with E-state index < -0.39 is 6.23 Å². The lowest BCUT2D eigenvalue weighted by Gasteiger charge is -2.38. The Labute approximate surface area is 256 Å². The van der Waals surface area contributed by atoms with Gasteiger partial charge in [-0.3, -0.25) is 14.7 Å². The predicted octanol–water partition coefficient (Wildman–Crippen LogP) is 3.36. The molecule has 0 radical (unpaired) electrons. The van der Waals surface area contributed by atoms with Gasteiger partial charge in [-0.1, -0.05) is 44.5 Å². The molecule has 1 amide bonds. The average molecular weight is 604 g/mol. The summed E-state index contributed by atoms with van der Waals surface area (Å²) in [6.45, 7) is 11.6. The van der Waals surface area contributed by atoms with Crippen molar-refractivity contribution in [3.63, 3.8) is 0 Å². The van der Waals surface area contributed by atoms with Gasteiger partial charge in [-0.25, -0.2) is 5.43 Å². The third-order valence-electron chi connectivity index (χ3n) is 9.49. The van der Waals surface area contributed by atoms with Gasteiger partial charge in [-0.2, -0.15) is 0 Å². The van der Waals surface area contributed by atoms with Crippen LogP contribution in [0.15, 0.2) is 35.5 Å². The average Bonchev–Trinajstić information content (AvgIpc) is 3.54. The summed E-state index contributed by atoms with van der Waals surface area (Å²) in [4.78, 5) is 17.7. The minimum absolute atomic E-state index is 0.0193. The van der Waals surface area contributed by atoms with Crippen molar-refractivity contribution in [3.8, 4) is 0 Å².